The van der Waals surface area contributed by atoms with Gasteiger partial charge >= 0.3 is 0 Å². The normalized spacial score (nSPS) is 16.0. The summed E-state index contributed by atoms with van der Waals surface area (Å²) in [7, 11) is 1.56. The summed E-state index contributed by atoms with van der Waals surface area (Å²) >= 11 is 12.5. The van der Waals surface area contributed by atoms with Crippen LogP contribution in [0.15, 0.2) is 36.4 Å². The van der Waals surface area contributed by atoms with Crippen molar-refractivity contribution in [3.8, 4) is 5.75 Å². The highest BCUT2D eigenvalue weighted by Gasteiger charge is 2.27. The molecule has 1 amide bonds. The topological polar surface area (TPSA) is 44.8 Å². The van der Waals surface area contributed by atoms with Crippen molar-refractivity contribution in [1.82, 2.24) is 4.90 Å². The molecule has 2 aromatic carbocycles. The summed E-state index contributed by atoms with van der Waals surface area (Å²) in [4.78, 5) is 17.2. The lowest BCUT2D eigenvalue weighted by molar-refractivity contribution is -0.120. The Morgan fingerprint density at radius 1 is 1.11 bits per heavy atom. The van der Waals surface area contributed by atoms with Crippen LogP contribution in [0.3, 0.4) is 0 Å². The number of rotatable bonds is 5. The van der Waals surface area contributed by atoms with Gasteiger partial charge < -0.3 is 15.0 Å². The smallest absolute Gasteiger partial charge is 0.241 e. The summed E-state index contributed by atoms with van der Waals surface area (Å²) in [6.07, 6.45) is 0. The van der Waals surface area contributed by atoms with Gasteiger partial charge in [-0.25, -0.2) is 0 Å². The third kappa shape index (κ3) is 4.54. The van der Waals surface area contributed by atoms with Crippen LogP contribution in [0.5, 0.6) is 5.75 Å². The van der Waals surface area contributed by atoms with Gasteiger partial charge in [0, 0.05) is 37.3 Å². The molecule has 1 atom stereocenters. The summed E-state index contributed by atoms with van der Waals surface area (Å²) in [6.45, 7) is 7.05. The molecule has 0 aliphatic carbocycles. The van der Waals surface area contributed by atoms with Gasteiger partial charge in [0.15, 0.2) is 0 Å². The number of amides is 1. The summed E-state index contributed by atoms with van der Waals surface area (Å²) in [5.41, 5.74) is 2.57. The Morgan fingerprint density at radius 3 is 2.43 bits per heavy atom. The van der Waals surface area contributed by atoms with Crippen LogP contribution < -0.4 is 15.0 Å². The molecule has 1 saturated heterocycles. The fourth-order valence-corrected chi connectivity index (χ4v) is 3.80. The Kier molecular flexibility index (Phi) is 6.70. The number of nitrogens with one attached hydrogen (secondary N) is 1. The maximum absolute atomic E-state index is 12.8. The second-order valence-electron chi connectivity index (χ2n) is 6.94. The quantitative estimate of drug-likeness (QED) is 0.773. The Labute approximate surface area is 176 Å². The molecule has 2 aromatic rings. The Morgan fingerprint density at radius 2 is 1.79 bits per heavy atom. The van der Waals surface area contributed by atoms with Crippen molar-refractivity contribution in [2.75, 3.05) is 43.5 Å². The molecule has 1 aliphatic rings. The lowest BCUT2D eigenvalue weighted by Gasteiger charge is -2.38. The van der Waals surface area contributed by atoms with Crippen LogP contribution in [0.1, 0.15) is 12.5 Å². The first-order valence-electron chi connectivity index (χ1n) is 9.29. The van der Waals surface area contributed by atoms with Gasteiger partial charge in [0.25, 0.3) is 0 Å². The van der Waals surface area contributed by atoms with E-state index in [-0.39, 0.29) is 11.9 Å². The molecule has 0 unspecified atom stereocenters. The number of piperazine rings is 1. The fraction of sp³-hybridized carbons (Fsp3) is 0.381. The molecule has 0 radical (unpaired) electrons. The zero-order valence-corrected chi connectivity index (χ0v) is 17.8. The number of aryl methyl sites for hydroxylation is 1. The molecule has 150 valence electrons. The van der Waals surface area contributed by atoms with Crippen LogP contribution in [-0.4, -0.2) is 50.1 Å². The van der Waals surface area contributed by atoms with Gasteiger partial charge in [-0.1, -0.05) is 35.3 Å². The van der Waals surface area contributed by atoms with Gasteiger partial charge in [-0.3, -0.25) is 9.69 Å². The molecule has 1 fully saturated rings. The van der Waals surface area contributed by atoms with Crippen LogP contribution in [0.4, 0.5) is 11.4 Å². The van der Waals surface area contributed by atoms with Crippen molar-refractivity contribution in [2.45, 2.75) is 19.9 Å². The van der Waals surface area contributed by atoms with Crippen molar-refractivity contribution in [2.24, 2.45) is 0 Å². The minimum Gasteiger partial charge on any atom is -0.495 e. The van der Waals surface area contributed by atoms with E-state index in [1.807, 2.05) is 44.2 Å². The molecule has 0 spiro atoms. The Hall–Kier alpha value is -1.95. The van der Waals surface area contributed by atoms with E-state index < -0.39 is 0 Å². The molecule has 28 heavy (non-hydrogen) atoms. The molecule has 7 heteroatoms. The molecule has 5 nitrogen and oxygen atoms in total. The lowest BCUT2D eigenvalue weighted by Crippen LogP contribution is -2.52. The third-order valence-corrected chi connectivity index (χ3v) is 5.90. The molecule has 1 aliphatic heterocycles. The van der Waals surface area contributed by atoms with Crippen molar-refractivity contribution >= 4 is 40.5 Å². The number of hydrogen-bond donors (Lipinski definition) is 1. The monoisotopic (exact) mass is 421 g/mol. The van der Waals surface area contributed by atoms with E-state index in [0.29, 0.717) is 16.5 Å². The number of anilines is 2. The van der Waals surface area contributed by atoms with Gasteiger partial charge in [0.1, 0.15) is 5.75 Å². The van der Waals surface area contributed by atoms with E-state index in [1.54, 1.807) is 13.2 Å². The Balaban J connectivity index is 1.62. The highest BCUT2D eigenvalue weighted by Crippen LogP contribution is 2.31. The maximum atomic E-state index is 12.8. The SMILES string of the molecule is COc1cc(Cl)c(C)cc1NC(=O)[C@H](C)N1CCN(c2ccccc2Cl)CC1. The number of benzene rings is 2. The first kappa shape index (κ1) is 20.8. The number of carbonyl (C=O) groups is 1. The van der Waals surface area contributed by atoms with E-state index in [0.717, 1.165) is 42.5 Å². The van der Waals surface area contributed by atoms with E-state index >= 15 is 0 Å². The van der Waals surface area contributed by atoms with Gasteiger partial charge in [0.2, 0.25) is 5.91 Å². The number of para-hydroxylation sites is 1. The molecule has 1 N–H and O–H groups in total. The zero-order chi connectivity index (χ0) is 20.3. The number of hydrogen-bond acceptors (Lipinski definition) is 4. The average Bonchev–Trinajstić information content (AvgIpc) is 2.70. The minimum atomic E-state index is -0.255. The maximum Gasteiger partial charge on any atom is 0.241 e. The molecule has 0 aromatic heterocycles. The van der Waals surface area contributed by atoms with Gasteiger partial charge in [-0.2, -0.15) is 0 Å². The van der Waals surface area contributed by atoms with E-state index in [2.05, 4.69) is 15.1 Å². The number of carbonyl (C=O) groups excluding carboxylic acids is 1. The van der Waals surface area contributed by atoms with E-state index in [1.165, 1.54) is 0 Å². The lowest BCUT2D eigenvalue weighted by atomic mass is 10.1. The molecule has 1 heterocycles. The highest BCUT2D eigenvalue weighted by molar-refractivity contribution is 6.33. The van der Waals surface area contributed by atoms with Crippen LogP contribution in [0.25, 0.3) is 0 Å². The van der Waals surface area contributed by atoms with Crippen molar-refractivity contribution < 1.29 is 9.53 Å². The third-order valence-electron chi connectivity index (χ3n) is 5.17. The summed E-state index contributed by atoms with van der Waals surface area (Å²) in [6, 6.07) is 11.2. The first-order chi connectivity index (χ1) is 13.4. The van der Waals surface area contributed by atoms with Crippen LogP contribution >= 0.6 is 23.2 Å². The summed E-state index contributed by atoms with van der Waals surface area (Å²) < 4.78 is 5.35. The van der Waals surface area contributed by atoms with Gasteiger partial charge in [-0.05, 0) is 37.6 Å². The number of nitrogens with zero attached hydrogens (tertiary/aromatic N) is 2. The molecular weight excluding hydrogens is 397 g/mol. The predicted molar refractivity (Wildman–Crippen MR) is 116 cm³/mol. The minimum absolute atomic E-state index is 0.0637. The second-order valence-corrected chi connectivity index (χ2v) is 7.76. The second kappa shape index (κ2) is 9.03. The predicted octanol–water partition coefficient (Wildman–Crippen LogP) is 4.46. The van der Waals surface area contributed by atoms with Gasteiger partial charge in [0.05, 0.1) is 29.5 Å². The van der Waals surface area contributed by atoms with Crippen LogP contribution in [-0.2, 0) is 4.79 Å². The largest absolute Gasteiger partial charge is 0.495 e. The van der Waals surface area contributed by atoms with Crippen molar-refractivity contribution in [3.05, 3.63) is 52.0 Å². The molecule has 0 saturated carbocycles. The first-order valence-corrected chi connectivity index (χ1v) is 10.0. The Bertz CT molecular complexity index is 852. The number of methoxy groups -OCH3 is 1. The number of ether oxygens (including phenoxy) is 1. The van der Waals surface area contributed by atoms with Crippen LogP contribution in [0, 0.1) is 6.92 Å². The summed E-state index contributed by atoms with van der Waals surface area (Å²) in [5.74, 6) is 0.492. The number of halogens is 2. The fourth-order valence-electron chi connectivity index (χ4n) is 3.39. The average molecular weight is 422 g/mol. The molecule has 0 bridgehead atoms. The highest BCUT2D eigenvalue weighted by atomic mass is 35.5. The van der Waals surface area contributed by atoms with E-state index in [4.69, 9.17) is 27.9 Å². The zero-order valence-electron chi connectivity index (χ0n) is 16.3. The molecule has 3 rings (SSSR count). The van der Waals surface area contributed by atoms with Gasteiger partial charge in [-0.15, -0.1) is 0 Å². The standard InChI is InChI=1S/C21H25Cl2N3O2/c1-14-12-18(20(28-3)13-17(14)23)24-21(27)15(2)25-8-10-26(11-9-25)19-7-5-4-6-16(19)22/h4-7,12-13,15H,8-11H2,1-3H3,(H,24,27)/t15-/m0/s1. The molecular formula is C21H25Cl2N3O2. The van der Waals surface area contributed by atoms with Crippen molar-refractivity contribution in [1.29, 1.82) is 0 Å². The van der Waals surface area contributed by atoms with E-state index in [9.17, 15) is 4.79 Å². The van der Waals surface area contributed by atoms with Crippen LogP contribution in [0.2, 0.25) is 10.0 Å². The van der Waals surface area contributed by atoms with Crippen molar-refractivity contribution in [3.63, 3.8) is 0 Å². The summed E-state index contributed by atoms with van der Waals surface area (Å²) in [5, 5.41) is 4.35.